The maximum atomic E-state index is 13.5. The molecule has 8 nitrogen and oxygen atoms in total. The minimum atomic E-state index is -3.16. The fraction of sp³-hybridized carbons (Fsp3) is 0.536. The number of sulfonamides is 1. The van der Waals surface area contributed by atoms with Crippen molar-refractivity contribution in [3.05, 3.63) is 54.0 Å². The van der Waals surface area contributed by atoms with E-state index >= 15 is 0 Å². The van der Waals surface area contributed by atoms with Crippen LogP contribution >= 0.6 is 0 Å². The third-order valence-corrected chi connectivity index (χ3v) is 8.22. The Morgan fingerprint density at radius 2 is 1.76 bits per heavy atom. The number of rotatable bonds is 9. The Balaban J connectivity index is 1.47. The molecule has 4 rings (SSSR count). The lowest BCUT2D eigenvalue weighted by atomic mass is 9.85. The molecule has 0 saturated heterocycles. The molecule has 2 heterocycles. The highest BCUT2D eigenvalue weighted by molar-refractivity contribution is 7.88. The minimum absolute atomic E-state index is 0.0159. The van der Waals surface area contributed by atoms with Crippen molar-refractivity contribution >= 4 is 32.8 Å². The first-order chi connectivity index (χ1) is 17.5. The molecule has 0 amide bonds. The molecule has 37 heavy (non-hydrogen) atoms. The molecule has 0 spiro atoms. The van der Waals surface area contributed by atoms with E-state index in [1.165, 1.54) is 18.1 Å². The summed E-state index contributed by atoms with van der Waals surface area (Å²) in [5, 5.41) is 0.860. The third kappa shape index (κ3) is 6.57. The van der Waals surface area contributed by atoms with Crippen LogP contribution in [0.15, 0.2) is 42.9 Å². The number of nitrogens with zero attached hydrogens (tertiary/aromatic N) is 4. The minimum Gasteiger partial charge on any atom is -0.356 e. The van der Waals surface area contributed by atoms with Crippen molar-refractivity contribution in [2.75, 3.05) is 24.7 Å². The zero-order valence-electron chi connectivity index (χ0n) is 22.5. The van der Waals surface area contributed by atoms with Gasteiger partial charge in [0.05, 0.1) is 17.6 Å². The summed E-state index contributed by atoms with van der Waals surface area (Å²) in [5.41, 5.74) is 2.90. The number of anilines is 1. The maximum absolute atomic E-state index is 13.5. The van der Waals surface area contributed by atoms with Crippen molar-refractivity contribution < 1.29 is 13.2 Å². The van der Waals surface area contributed by atoms with E-state index in [9.17, 15) is 13.2 Å². The number of aromatic nitrogens is 3. The number of carbonyl (C=O) groups excluding carboxylic acids is 1. The highest BCUT2D eigenvalue weighted by atomic mass is 32.2. The van der Waals surface area contributed by atoms with Crippen molar-refractivity contribution in [2.24, 2.45) is 11.8 Å². The van der Waals surface area contributed by atoms with E-state index in [1.807, 2.05) is 20.0 Å². The second-order valence-corrected chi connectivity index (χ2v) is 12.8. The first-order valence-corrected chi connectivity index (χ1v) is 15.0. The Morgan fingerprint density at radius 1 is 1.08 bits per heavy atom. The van der Waals surface area contributed by atoms with E-state index in [2.05, 4.69) is 57.7 Å². The Bertz CT molecular complexity index is 1330. The lowest BCUT2D eigenvalue weighted by Gasteiger charge is -2.35. The van der Waals surface area contributed by atoms with Gasteiger partial charge in [-0.2, -0.15) is 0 Å². The van der Waals surface area contributed by atoms with E-state index in [0.29, 0.717) is 30.1 Å². The van der Waals surface area contributed by atoms with Gasteiger partial charge in [-0.25, -0.2) is 23.1 Å². The molecule has 1 aliphatic carbocycles. The number of hydrogen-bond donors (Lipinski definition) is 1. The first kappa shape index (κ1) is 27.3. The number of carbonyl (C=O) groups is 1. The van der Waals surface area contributed by atoms with Crippen LogP contribution in [0, 0.1) is 11.8 Å². The van der Waals surface area contributed by atoms with Gasteiger partial charge in [0.25, 0.3) is 0 Å². The molecule has 9 heteroatoms. The molecule has 200 valence electrons. The van der Waals surface area contributed by atoms with Crippen molar-refractivity contribution in [1.82, 2.24) is 19.3 Å². The van der Waals surface area contributed by atoms with E-state index in [4.69, 9.17) is 0 Å². The van der Waals surface area contributed by atoms with Gasteiger partial charge in [-0.3, -0.25) is 9.36 Å². The van der Waals surface area contributed by atoms with E-state index in [1.54, 1.807) is 10.8 Å². The fourth-order valence-electron chi connectivity index (χ4n) is 5.34. The molecule has 0 radical (unpaired) electrons. The van der Waals surface area contributed by atoms with Crippen LogP contribution in [0.5, 0.6) is 0 Å². The molecule has 1 N–H and O–H groups in total. The largest absolute Gasteiger partial charge is 0.356 e. The Hall–Kier alpha value is -2.78. The summed E-state index contributed by atoms with van der Waals surface area (Å²) in [6.45, 7) is 6.85. The van der Waals surface area contributed by atoms with Crippen molar-refractivity contribution in [3.8, 4) is 0 Å². The van der Waals surface area contributed by atoms with Gasteiger partial charge in [0, 0.05) is 25.8 Å². The summed E-state index contributed by atoms with van der Waals surface area (Å²) in [5.74, 6) is 1.45. The van der Waals surface area contributed by atoms with Crippen molar-refractivity contribution in [1.29, 1.82) is 0 Å². The van der Waals surface area contributed by atoms with Gasteiger partial charge in [0.1, 0.15) is 12.1 Å². The van der Waals surface area contributed by atoms with Gasteiger partial charge in [-0.1, -0.05) is 38.1 Å². The monoisotopic (exact) mass is 525 g/mol. The molecule has 1 unspecified atom stereocenters. The topological polar surface area (TPSA) is 97.2 Å². The normalized spacial score (nSPS) is 19.3. The number of nitrogens with one attached hydrogen (secondary N) is 1. The zero-order chi connectivity index (χ0) is 26.7. The average molecular weight is 526 g/mol. The van der Waals surface area contributed by atoms with Crippen molar-refractivity contribution in [3.63, 3.8) is 0 Å². The molecular weight excluding hydrogens is 486 g/mol. The summed E-state index contributed by atoms with van der Waals surface area (Å²) >= 11 is 0. The highest BCUT2D eigenvalue weighted by Crippen LogP contribution is 2.32. The Kier molecular flexibility index (Phi) is 8.33. The van der Waals surface area contributed by atoms with Crippen LogP contribution < -0.4 is 9.62 Å². The van der Waals surface area contributed by atoms with Crippen LogP contribution in [0.2, 0.25) is 0 Å². The quantitative estimate of drug-likeness (QED) is 0.438. The summed E-state index contributed by atoms with van der Waals surface area (Å²) in [4.78, 5) is 24.7. The molecule has 1 aliphatic rings. The molecule has 1 saturated carbocycles. The molecule has 1 aromatic carbocycles. The predicted molar refractivity (Wildman–Crippen MR) is 149 cm³/mol. The van der Waals surface area contributed by atoms with Crippen LogP contribution in [-0.2, 0) is 16.4 Å². The first-order valence-electron chi connectivity index (χ1n) is 13.2. The predicted octanol–water partition coefficient (Wildman–Crippen LogP) is 4.62. The van der Waals surface area contributed by atoms with Gasteiger partial charge in [-0.05, 0) is 68.1 Å². The van der Waals surface area contributed by atoms with E-state index in [-0.39, 0.29) is 11.8 Å². The van der Waals surface area contributed by atoms with Gasteiger partial charge < -0.3 is 4.90 Å². The highest BCUT2D eigenvalue weighted by Gasteiger charge is 2.27. The van der Waals surface area contributed by atoms with Crippen molar-refractivity contribution in [2.45, 2.75) is 64.8 Å². The molecule has 0 bridgehead atoms. The molecular formula is C28H39N5O3S. The second kappa shape index (κ2) is 11.3. The summed E-state index contributed by atoms with van der Waals surface area (Å²) in [6.07, 6.45) is 9.40. The average Bonchev–Trinajstić information content (AvgIpc) is 3.30. The lowest BCUT2D eigenvalue weighted by Crippen LogP contribution is -2.38. The van der Waals surface area contributed by atoms with Gasteiger partial charge >= 0.3 is 0 Å². The molecule has 0 aliphatic heterocycles. The van der Waals surface area contributed by atoms with Gasteiger partial charge in [-0.15, -0.1) is 0 Å². The molecule has 2 aromatic heterocycles. The van der Waals surface area contributed by atoms with Crippen LogP contribution in [0.4, 0.5) is 5.82 Å². The maximum Gasteiger partial charge on any atom is 0.239 e. The summed E-state index contributed by atoms with van der Waals surface area (Å²) in [6, 6.07) is 10.6. The summed E-state index contributed by atoms with van der Waals surface area (Å²) < 4.78 is 27.1. The van der Waals surface area contributed by atoms with E-state index < -0.39 is 10.0 Å². The third-order valence-electron chi connectivity index (χ3n) is 7.52. The number of hydrogen-bond acceptors (Lipinski definition) is 6. The fourth-order valence-corrected chi connectivity index (χ4v) is 5.88. The van der Waals surface area contributed by atoms with E-state index in [0.717, 1.165) is 48.9 Å². The van der Waals surface area contributed by atoms with Crippen LogP contribution in [0.25, 0.3) is 11.0 Å². The number of benzene rings is 1. The van der Waals surface area contributed by atoms with Crippen LogP contribution in [0.1, 0.15) is 68.3 Å². The van der Waals surface area contributed by atoms with Crippen LogP contribution in [-0.4, -0.2) is 54.8 Å². The lowest BCUT2D eigenvalue weighted by molar-refractivity contribution is 0.0889. The number of fused-ring (bicyclic) bond motifs is 1. The summed E-state index contributed by atoms with van der Waals surface area (Å²) in [7, 11) is -1.12. The SMILES string of the molecule is CC(C)Cc1ccc(C(C)C(=O)n2ccc3c(N(C)C4CCC(CNS(C)(=O)=O)CC4)ncnc32)cc1. The zero-order valence-corrected chi connectivity index (χ0v) is 23.3. The van der Waals surface area contributed by atoms with Gasteiger partial charge in [0.2, 0.25) is 15.9 Å². The van der Waals surface area contributed by atoms with Crippen LogP contribution in [0.3, 0.4) is 0 Å². The smallest absolute Gasteiger partial charge is 0.239 e. The Morgan fingerprint density at radius 3 is 2.38 bits per heavy atom. The molecule has 1 atom stereocenters. The molecule has 3 aromatic rings. The standard InChI is InChI=1S/C28H39N5O3S/c1-19(2)16-21-6-10-23(11-7-21)20(3)28(34)33-15-14-25-26(29-18-30-27(25)33)32(4)24-12-8-22(9-13-24)17-31-37(5,35)36/h6-7,10-11,14-15,18-20,22,24,31H,8-9,12-13,16-17H2,1-5H3. The molecule has 1 fully saturated rings. The second-order valence-electron chi connectivity index (χ2n) is 10.9. The van der Waals surface area contributed by atoms with Gasteiger partial charge in [0.15, 0.2) is 5.65 Å². The Labute approximate surface area is 220 Å².